The van der Waals surface area contributed by atoms with E-state index in [1.165, 1.54) is 0 Å². The first-order chi connectivity index (χ1) is 10.2. The van der Waals surface area contributed by atoms with Crippen molar-refractivity contribution in [1.29, 1.82) is 5.26 Å². The maximum Gasteiger partial charge on any atom is 0.203 e. The van der Waals surface area contributed by atoms with Gasteiger partial charge in [-0.1, -0.05) is 42.5 Å². The molecule has 2 rings (SSSR count). The van der Waals surface area contributed by atoms with Gasteiger partial charge in [0.05, 0.1) is 6.61 Å². The van der Waals surface area contributed by atoms with Gasteiger partial charge in [-0.05, 0) is 30.7 Å². The fourth-order valence-corrected chi connectivity index (χ4v) is 1.89. The van der Waals surface area contributed by atoms with Gasteiger partial charge < -0.3 is 4.74 Å². The number of allylic oxidation sites excluding steroid dienone is 1. The van der Waals surface area contributed by atoms with E-state index in [1.54, 1.807) is 30.3 Å². The topological polar surface area (TPSA) is 50.1 Å². The molecule has 0 heterocycles. The number of nitrogens with zero attached hydrogens (tertiary/aromatic N) is 1. The summed E-state index contributed by atoms with van der Waals surface area (Å²) in [5.41, 5.74) is 1.42. The molecule has 0 aliphatic rings. The second-order valence-electron chi connectivity index (χ2n) is 4.37. The molecular formula is C18H15NO2. The lowest BCUT2D eigenvalue weighted by atomic mass is 10.0. The van der Waals surface area contributed by atoms with Crippen molar-refractivity contribution in [3.05, 3.63) is 71.3 Å². The smallest absolute Gasteiger partial charge is 0.203 e. The normalized spacial score (nSPS) is 10.8. The van der Waals surface area contributed by atoms with Crippen LogP contribution in [0.3, 0.4) is 0 Å². The van der Waals surface area contributed by atoms with Gasteiger partial charge >= 0.3 is 0 Å². The van der Waals surface area contributed by atoms with E-state index in [9.17, 15) is 10.1 Å². The van der Waals surface area contributed by atoms with Crippen LogP contribution in [0.25, 0.3) is 6.08 Å². The zero-order chi connectivity index (χ0) is 15.1. The Kier molecular flexibility index (Phi) is 4.89. The summed E-state index contributed by atoms with van der Waals surface area (Å²) in [6, 6.07) is 18.0. The minimum atomic E-state index is -0.271. The molecule has 0 amide bonds. The minimum Gasteiger partial charge on any atom is -0.494 e. The third kappa shape index (κ3) is 3.80. The summed E-state index contributed by atoms with van der Waals surface area (Å²) in [4.78, 5) is 12.2. The second kappa shape index (κ2) is 7.06. The molecule has 0 saturated heterocycles. The van der Waals surface area contributed by atoms with Gasteiger partial charge in [-0.15, -0.1) is 0 Å². The Morgan fingerprint density at radius 1 is 1.14 bits per heavy atom. The number of hydrogen-bond donors (Lipinski definition) is 0. The highest BCUT2D eigenvalue weighted by atomic mass is 16.5. The van der Waals surface area contributed by atoms with Crippen LogP contribution in [0.15, 0.2) is 60.2 Å². The second-order valence-corrected chi connectivity index (χ2v) is 4.37. The summed E-state index contributed by atoms with van der Waals surface area (Å²) in [5.74, 6) is 0.495. The van der Waals surface area contributed by atoms with Crippen molar-refractivity contribution >= 4 is 11.9 Å². The lowest BCUT2D eigenvalue weighted by Gasteiger charge is -2.03. The monoisotopic (exact) mass is 277 g/mol. The molecule has 3 heteroatoms. The Morgan fingerprint density at radius 2 is 1.81 bits per heavy atom. The van der Waals surface area contributed by atoms with Gasteiger partial charge in [0.25, 0.3) is 0 Å². The van der Waals surface area contributed by atoms with Crippen molar-refractivity contribution in [2.75, 3.05) is 6.61 Å². The molecule has 0 aliphatic carbocycles. The summed E-state index contributed by atoms with van der Waals surface area (Å²) in [6.07, 6.45) is 1.59. The molecule has 0 saturated carbocycles. The number of ketones is 1. The van der Waals surface area contributed by atoms with E-state index in [1.807, 2.05) is 43.3 Å². The minimum absolute atomic E-state index is 0.116. The Labute approximate surface area is 124 Å². The quantitative estimate of drug-likeness (QED) is 0.473. The van der Waals surface area contributed by atoms with E-state index in [-0.39, 0.29) is 11.4 Å². The van der Waals surface area contributed by atoms with Crippen molar-refractivity contribution in [3.8, 4) is 11.8 Å². The predicted molar refractivity (Wildman–Crippen MR) is 82.0 cm³/mol. The Hall–Kier alpha value is -2.86. The van der Waals surface area contributed by atoms with E-state index < -0.39 is 0 Å². The molecule has 2 aromatic carbocycles. The molecule has 0 aliphatic heterocycles. The molecule has 0 bridgehead atoms. The molecule has 2 aromatic rings. The van der Waals surface area contributed by atoms with Crippen LogP contribution in [-0.4, -0.2) is 12.4 Å². The van der Waals surface area contributed by atoms with Crippen LogP contribution < -0.4 is 4.74 Å². The molecule has 21 heavy (non-hydrogen) atoms. The third-order valence-corrected chi connectivity index (χ3v) is 2.90. The number of carbonyl (C=O) groups excluding carboxylic acids is 1. The maximum absolute atomic E-state index is 12.2. The van der Waals surface area contributed by atoms with Crippen molar-refractivity contribution in [1.82, 2.24) is 0 Å². The van der Waals surface area contributed by atoms with E-state index in [0.717, 1.165) is 11.3 Å². The summed E-state index contributed by atoms with van der Waals surface area (Å²) >= 11 is 0. The number of rotatable bonds is 5. The van der Waals surface area contributed by atoms with Crippen LogP contribution in [0.5, 0.6) is 5.75 Å². The van der Waals surface area contributed by atoms with Gasteiger partial charge in [0.1, 0.15) is 17.4 Å². The zero-order valence-corrected chi connectivity index (χ0v) is 11.7. The fraction of sp³-hybridized carbons (Fsp3) is 0.111. The summed E-state index contributed by atoms with van der Waals surface area (Å²) in [6.45, 7) is 2.52. The van der Waals surface area contributed by atoms with Crippen LogP contribution >= 0.6 is 0 Å². The molecular weight excluding hydrogens is 262 g/mol. The average Bonchev–Trinajstić information content (AvgIpc) is 2.54. The SMILES string of the molecule is CCOc1ccc(/C=C(\C#N)C(=O)c2ccccc2)cc1. The maximum atomic E-state index is 12.2. The number of carbonyl (C=O) groups is 1. The number of hydrogen-bond acceptors (Lipinski definition) is 3. The summed E-state index contributed by atoms with van der Waals surface area (Å²) < 4.78 is 5.36. The Morgan fingerprint density at radius 3 is 2.38 bits per heavy atom. The van der Waals surface area contributed by atoms with Crippen molar-refractivity contribution in [3.63, 3.8) is 0 Å². The Balaban J connectivity index is 2.25. The van der Waals surface area contributed by atoms with E-state index in [4.69, 9.17) is 4.74 Å². The molecule has 3 nitrogen and oxygen atoms in total. The number of nitriles is 1. The largest absolute Gasteiger partial charge is 0.494 e. The van der Waals surface area contributed by atoms with Crippen LogP contribution in [0.2, 0.25) is 0 Å². The third-order valence-electron chi connectivity index (χ3n) is 2.90. The van der Waals surface area contributed by atoms with Gasteiger partial charge in [-0.25, -0.2) is 0 Å². The van der Waals surface area contributed by atoms with Gasteiger partial charge in [-0.2, -0.15) is 5.26 Å². The van der Waals surface area contributed by atoms with Crippen LogP contribution in [0.4, 0.5) is 0 Å². The molecule has 104 valence electrons. The molecule has 0 unspecified atom stereocenters. The zero-order valence-electron chi connectivity index (χ0n) is 11.7. The molecule has 0 fully saturated rings. The Bertz CT molecular complexity index is 679. The first-order valence-corrected chi connectivity index (χ1v) is 6.69. The molecule has 0 N–H and O–H groups in total. The predicted octanol–water partition coefficient (Wildman–Crippen LogP) is 3.88. The van der Waals surface area contributed by atoms with Gasteiger partial charge in [0.2, 0.25) is 5.78 Å². The number of benzene rings is 2. The van der Waals surface area contributed by atoms with Crippen molar-refractivity contribution in [2.45, 2.75) is 6.92 Å². The van der Waals surface area contributed by atoms with E-state index in [0.29, 0.717) is 12.2 Å². The first kappa shape index (κ1) is 14.5. The number of ether oxygens (including phenoxy) is 1. The standard InChI is InChI=1S/C18H15NO2/c1-2-21-17-10-8-14(9-11-17)12-16(13-19)18(20)15-6-4-3-5-7-15/h3-12H,2H2,1H3/b16-12+. The van der Waals surface area contributed by atoms with Gasteiger partial charge in [0.15, 0.2) is 0 Å². The molecule has 0 radical (unpaired) electrons. The van der Waals surface area contributed by atoms with E-state index in [2.05, 4.69) is 0 Å². The van der Waals surface area contributed by atoms with Crippen LogP contribution in [-0.2, 0) is 0 Å². The van der Waals surface area contributed by atoms with E-state index >= 15 is 0 Å². The lowest BCUT2D eigenvalue weighted by molar-refractivity contribution is 0.104. The highest BCUT2D eigenvalue weighted by Gasteiger charge is 2.11. The highest BCUT2D eigenvalue weighted by molar-refractivity contribution is 6.13. The van der Waals surface area contributed by atoms with Gasteiger partial charge in [-0.3, -0.25) is 4.79 Å². The lowest BCUT2D eigenvalue weighted by Crippen LogP contribution is -2.01. The highest BCUT2D eigenvalue weighted by Crippen LogP contribution is 2.16. The summed E-state index contributed by atoms with van der Waals surface area (Å²) in [5, 5.41) is 9.19. The fourth-order valence-electron chi connectivity index (χ4n) is 1.89. The molecule has 0 spiro atoms. The van der Waals surface area contributed by atoms with Crippen LogP contribution in [0.1, 0.15) is 22.8 Å². The van der Waals surface area contributed by atoms with Gasteiger partial charge in [0, 0.05) is 5.56 Å². The molecule has 0 aromatic heterocycles. The summed E-state index contributed by atoms with van der Waals surface area (Å²) in [7, 11) is 0. The first-order valence-electron chi connectivity index (χ1n) is 6.69. The van der Waals surface area contributed by atoms with Crippen LogP contribution in [0, 0.1) is 11.3 Å². The van der Waals surface area contributed by atoms with Crippen molar-refractivity contribution in [2.24, 2.45) is 0 Å². The van der Waals surface area contributed by atoms with Crippen molar-refractivity contribution < 1.29 is 9.53 Å². The molecule has 0 atom stereocenters. The average molecular weight is 277 g/mol. The number of Topliss-reactive ketones (excluding diaryl/α,β-unsaturated/α-hetero) is 1.